The minimum absolute atomic E-state index is 0.145. The van der Waals surface area contributed by atoms with Gasteiger partial charge in [-0.05, 0) is 24.1 Å². The molecule has 0 fully saturated rings. The topological polar surface area (TPSA) is 34.6 Å². The van der Waals surface area contributed by atoms with Crippen LogP contribution in [0.4, 0.5) is 0 Å². The predicted octanol–water partition coefficient (Wildman–Crippen LogP) is 3.92. The molecule has 4 nitrogen and oxygen atoms in total. The summed E-state index contributed by atoms with van der Waals surface area (Å²) in [6.07, 6.45) is 4.35. The Morgan fingerprint density at radius 1 is 1.17 bits per heavy atom. The largest absolute Gasteiger partial charge is 0.487 e. The number of aromatic nitrogens is 1. The molecule has 0 N–H and O–H groups in total. The van der Waals surface area contributed by atoms with E-state index in [0.717, 1.165) is 18.0 Å². The van der Waals surface area contributed by atoms with E-state index in [4.69, 9.17) is 9.47 Å². The number of benzene rings is 1. The van der Waals surface area contributed by atoms with Crippen molar-refractivity contribution >= 4 is 5.57 Å². The van der Waals surface area contributed by atoms with Crippen molar-refractivity contribution in [2.75, 3.05) is 13.7 Å². The lowest BCUT2D eigenvalue weighted by Crippen LogP contribution is -2.27. The van der Waals surface area contributed by atoms with Gasteiger partial charge >= 0.3 is 0 Å². The molecule has 2 aliphatic rings. The minimum Gasteiger partial charge on any atom is -0.487 e. The van der Waals surface area contributed by atoms with Gasteiger partial charge in [-0.25, -0.2) is 4.98 Å². The van der Waals surface area contributed by atoms with Gasteiger partial charge in [-0.1, -0.05) is 36.4 Å². The van der Waals surface area contributed by atoms with E-state index in [-0.39, 0.29) is 6.04 Å². The van der Waals surface area contributed by atoms with Gasteiger partial charge in [0.15, 0.2) is 0 Å². The van der Waals surface area contributed by atoms with Gasteiger partial charge in [-0.3, -0.25) is 0 Å². The average Bonchev–Trinajstić information content (AvgIpc) is 2.67. The summed E-state index contributed by atoms with van der Waals surface area (Å²) in [7, 11) is 1.64. The van der Waals surface area contributed by atoms with Crippen LogP contribution in [-0.4, -0.2) is 23.5 Å². The smallest absolute Gasteiger partial charge is 0.213 e. The third-order valence-electron chi connectivity index (χ3n) is 4.63. The maximum absolute atomic E-state index is 5.98. The van der Waals surface area contributed by atoms with Gasteiger partial charge in [0, 0.05) is 24.4 Å². The van der Waals surface area contributed by atoms with Crippen LogP contribution in [0.15, 0.2) is 60.5 Å². The summed E-state index contributed by atoms with van der Waals surface area (Å²) in [4.78, 5) is 6.80. The van der Waals surface area contributed by atoms with Crippen LogP contribution in [-0.2, 0) is 11.3 Å². The first-order valence-corrected chi connectivity index (χ1v) is 8.16. The van der Waals surface area contributed by atoms with Gasteiger partial charge in [0.25, 0.3) is 0 Å². The molecular formula is C20H20N2O2. The van der Waals surface area contributed by atoms with Gasteiger partial charge in [-0.2, -0.15) is 0 Å². The minimum atomic E-state index is 0.145. The summed E-state index contributed by atoms with van der Waals surface area (Å²) >= 11 is 0. The maximum Gasteiger partial charge on any atom is 0.213 e. The summed E-state index contributed by atoms with van der Waals surface area (Å²) in [6.45, 7) is 3.60. The van der Waals surface area contributed by atoms with Gasteiger partial charge in [0.2, 0.25) is 5.88 Å². The second-order valence-electron chi connectivity index (χ2n) is 6.03. The summed E-state index contributed by atoms with van der Waals surface area (Å²) in [5.41, 5.74) is 4.71. The van der Waals surface area contributed by atoms with Crippen LogP contribution >= 0.6 is 0 Å². The molecule has 0 bridgehead atoms. The predicted molar refractivity (Wildman–Crippen MR) is 93.2 cm³/mol. The molecular weight excluding hydrogens is 300 g/mol. The van der Waals surface area contributed by atoms with Crippen molar-refractivity contribution in [2.24, 2.45) is 0 Å². The molecule has 0 saturated carbocycles. The fourth-order valence-electron chi connectivity index (χ4n) is 3.21. The molecule has 0 amide bonds. The molecule has 4 rings (SSSR count). The number of ether oxygens (including phenoxy) is 2. The first-order valence-electron chi connectivity index (χ1n) is 8.16. The SMILES string of the molecule is COc1cccc(C(C)N2C=C3OCc4ccccc4C3=CC2)n1. The van der Waals surface area contributed by atoms with Gasteiger partial charge in [0.05, 0.1) is 18.8 Å². The highest BCUT2D eigenvalue weighted by Crippen LogP contribution is 2.36. The Hall–Kier alpha value is -2.75. The Kier molecular flexibility index (Phi) is 3.73. The molecule has 1 unspecified atom stereocenters. The molecule has 4 heteroatoms. The summed E-state index contributed by atoms with van der Waals surface area (Å²) in [5.74, 6) is 1.58. The Labute approximate surface area is 142 Å². The summed E-state index contributed by atoms with van der Waals surface area (Å²) in [5, 5.41) is 0. The van der Waals surface area contributed by atoms with Gasteiger partial charge in [-0.15, -0.1) is 0 Å². The molecule has 0 radical (unpaired) electrons. The average molecular weight is 320 g/mol. The molecule has 1 atom stereocenters. The number of methoxy groups -OCH3 is 1. The molecule has 2 aliphatic heterocycles. The lowest BCUT2D eigenvalue weighted by atomic mass is 9.94. The number of fused-ring (bicyclic) bond motifs is 3. The van der Waals surface area contributed by atoms with Crippen molar-refractivity contribution in [2.45, 2.75) is 19.6 Å². The number of hydrogen-bond donors (Lipinski definition) is 0. The third-order valence-corrected chi connectivity index (χ3v) is 4.63. The highest BCUT2D eigenvalue weighted by Gasteiger charge is 2.25. The van der Waals surface area contributed by atoms with E-state index in [1.807, 2.05) is 18.2 Å². The van der Waals surface area contributed by atoms with E-state index in [2.05, 4.69) is 53.3 Å². The second-order valence-corrected chi connectivity index (χ2v) is 6.03. The van der Waals surface area contributed by atoms with E-state index >= 15 is 0 Å². The van der Waals surface area contributed by atoms with Crippen molar-refractivity contribution in [3.05, 3.63) is 77.3 Å². The monoisotopic (exact) mass is 320 g/mol. The Bertz CT molecular complexity index is 826. The Balaban J connectivity index is 1.61. The van der Waals surface area contributed by atoms with Crippen LogP contribution in [0.5, 0.6) is 5.88 Å². The molecule has 24 heavy (non-hydrogen) atoms. The molecule has 1 aromatic heterocycles. The number of hydrogen-bond acceptors (Lipinski definition) is 4. The second kappa shape index (κ2) is 6.04. The Morgan fingerprint density at radius 2 is 2.04 bits per heavy atom. The zero-order valence-corrected chi connectivity index (χ0v) is 13.9. The molecule has 0 spiro atoms. The standard InChI is InChI=1S/C20H20N2O2/c1-14(18-8-5-9-20(21-18)23-2)22-11-10-17-16-7-4-3-6-15(16)13-24-19(17)12-22/h3-10,12,14H,11,13H2,1-2H3. The molecule has 1 aromatic carbocycles. The number of nitrogens with zero attached hydrogens (tertiary/aromatic N) is 2. The van der Waals surface area contributed by atoms with Crippen LogP contribution in [0.3, 0.4) is 0 Å². The van der Waals surface area contributed by atoms with Crippen molar-refractivity contribution in [1.29, 1.82) is 0 Å². The van der Waals surface area contributed by atoms with Gasteiger partial charge < -0.3 is 14.4 Å². The van der Waals surface area contributed by atoms with E-state index < -0.39 is 0 Å². The molecule has 0 saturated heterocycles. The maximum atomic E-state index is 5.98. The fourth-order valence-corrected chi connectivity index (χ4v) is 3.21. The van der Waals surface area contributed by atoms with Crippen LogP contribution in [0, 0.1) is 0 Å². The van der Waals surface area contributed by atoms with Crippen LogP contribution in [0.2, 0.25) is 0 Å². The van der Waals surface area contributed by atoms with Crippen LogP contribution in [0.1, 0.15) is 29.8 Å². The first-order chi connectivity index (χ1) is 11.8. The molecule has 122 valence electrons. The van der Waals surface area contributed by atoms with Gasteiger partial charge in [0.1, 0.15) is 12.4 Å². The van der Waals surface area contributed by atoms with E-state index in [1.54, 1.807) is 7.11 Å². The first kappa shape index (κ1) is 14.8. The zero-order chi connectivity index (χ0) is 16.5. The molecule has 0 aliphatic carbocycles. The van der Waals surface area contributed by atoms with Crippen LogP contribution in [0.25, 0.3) is 5.57 Å². The van der Waals surface area contributed by atoms with Crippen molar-refractivity contribution < 1.29 is 9.47 Å². The summed E-state index contributed by atoms with van der Waals surface area (Å²) < 4.78 is 11.2. The normalized spacial score (nSPS) is 17.0. The highest BCUT2D eigenvalue weighted by atomic mass is 16.5. The number of allylic oxidation sites excluding steroid dienone is 1. The quantitative estimate of drug-likeness (QED) is 0.858. The number of rotatable bonds is 3. The fraction of sp³-hybridized carbons (Fsp3) is 0.250. The molecule has 3 heterocycles. The van der Waals surface area contributed by atoms with Crippen molar-refractivity contribution in [3.8, 4) is 5.88 Å². The van der Waals surface area contributed by atoms with E-state index in [0.29, 0.717) is 12.5 Å². The lowest BCUT2D eigenvalue weighted by molar-refractivity contribution is 0.190. The zero-order valence-electron chi connectivity index (χ0n) is 13.9. The van der Waals surface area contributed by atoms with E-state index in [1.165, 1.54) is 16.7 Å². The third kappa shape index (κ3) is 2.54. The van der Waals surface area contributed by atoms with E-state index in [9.17, 15) is 0 Å². The van der Waals surface area contributed by atoms with Crippen LogP contribution < -0.4 is 4.74 Å². The van der Waals surface area contributed by atoms with Crippen molar-refractivity contribution in [1.82, 2.24) is 9.88 Å². The number of pyridine rings is 1. The van der Waals surface area contributed by atoms with Crippen molar-refractivity contribution in [3.63, 3.8) is 0 Å². The highest BCUT2D eigenvalue weighted by molar-refractivity contribution is 5.81. The lowest BCUT2D eigenvalue weighted by Gasteiger charge is -2.33. The Morgan fingerprint density at radius 3 is 2.92 bits per heavy atom. The molecule has 2 aromatic rings. The summed E-state index contributed by atoms with van der Waals surface area (Å²) in [6, 6.07) is 14.4.